The van der Waals surface area contributed by atoms with Crippen LogP contribution in [-0.2, 0) is 0 Å². The second-order valence-corrected chi connectivity index (χ2v) is 5.89. The van der Waals surface area contributed by atoms with Crippen LogP contribution in [0.5, 0.6) is 0 Å². The summed E-state index contributed by atoms with van der Waals surface area (Å²) in [6, 6.07) is 8.01. The summed E-state index contributed by atoms with van der Waals surface area (Å²) in [7, 11) is 0. The summed E-state index contributed by atoms with van der Waals surface area (Å²) in [4.78, 5) is 1.03. The Kier molecular flexibility index (Phi) is 4.67. The zero-order valence-electron chi connectivity index (χ0n) is 10.8. The van der Waals surface area contributed by atoms with Crippen molar-refractivity contribution in [3.63, 3.8) is 0 Å². The van der Waals surface area contributed by atoms with E-state index in [1.807, 2.05) is 18.4 Å². The molecule has 2 rings (SSSR count). The highest BCUT2D eigenvalue weighted by atomic mass is 79.9. The van der Waals surface area contributed by atoms with Gasteiger partial charge in [-0.3, -0.25) is 5.21 Å². The highest BCUT2D eigenvalue weighted by Crippen LogP contribution is 2.33. The lowest BCUT2D eigenvalue weighted by Crippen LogP contribution is -2.14. The number of thioether (sulfide) groups is 1. The van der Waals surface area contributed by atoms with E-state index in [0.29, 0.717) is 10.8 Å². The molecule has 2 nitrogen and oxygen atoms in total. The Morgan fingerprint density at radius 2 is 1.75 bits per heavy atom. The molecule has 20 heavy (non-hydrogen) atoms. The quantitative estimate of drug-likeness (QED) is 0.457. The van der Waals surface area contributed by atoms with E-state index in [9.17, 15) is 14.0 Å². The molecule has 1 N–H and O–H groups in total. The Morgan fingerprint density at radius 3 is 2.35 bits per heavy atom. The fourth-order valence-electron chi connectivity index (χ4n) is 1.80. The molecular formula is C14H12BrF2NOS. The molecule has 0 spiro atoms. The first-order valence-electron chi connectivity index (χ1n) is 5.73. The number of aryl methyl sites for hydroxylation is 1. The molecule has 0 saturated heterocycles. The van der Waals surface area contributed by atoms with E-state index in [-0.39, 0.29) is 10.2 Å². The van der Waals surface area contributed by atoms with Gasteiger partial charge in [-0.05, 0) is 65.0 Å². The van der Waals surface area contributed by atoms with Crippen molar-refractivity contribution < 1.29 is 14.0 Å². The molecule has 0 atom stereocenters. The van der Waals surface area contributed by atoms with Crippen LogP contribution in [0.2, 0.25) is 0 Å². The Morgan fingerprint density at radius 1 is 1.10 bits per heavy atom. The number of nitrogens with zero attached hydrogens (tertiary/aromatic N) is 1. The van der Waals surface area contributed by atoms with E-state index in [4.69, 9.17) is 0 Å². The molecule has 106 valence electrons. The summed E-state index contributed by atoms with van der Waals surface area (Å²) < 4.78 is 27.4. The standard InChI is InChI=1S/C14H12BrF2NOS/c1-8-7-9(20-2)3-5-11(8)18(19)12-6-4-10(15)13(16)14(12)17/h3-7,19H,1-2H3. The van der Waals surface area contributed by atoms with E-state index in [0.717, 1.165) is 10.5 Å². The van der Waals surface area contributed by atoms with Crippen LogP contribution in [0.3, 0.4) is 0 Å². The molecule has 0 fully saturated rings. The van der Waals surface area contributed by atoms with Crippen molar-refractivity contribution in [2.75, 3.05) is 11.3 Å². The summed E-state index contributed by atoms with van der Waals surface area (Å²) in [5, 5.41) is 10.8. The molecule has 6 heteroatoms. The number of halogens is 3. The molecule has 0 aliphatic heterocycles. The zero-order chi connectivity index (χ0) is 14.9. The first kappa shape index (κ1) is 15.3. The topological polar surface area (TPSA) is 23.5 Å². The van der Waals surface area contributed by atoms with Gasteiger partial charge in [0.25, 0.3) is 0 Å². The van der Waals surface area contributed by atoms with Crippen LogP contribution in [0.25, 0.3) is 0 Å². The van der Waals surface area contributed by atoms with Crippen LogP contribution in [0.4, 0.5) is 20.2 Å². The Labute approximate surface area is 128 Å². The first-order chi connectivity index (χ1) is 9.45. The van der Waals surface area contributed by atoms with Crippen LogP contribution < -0.4 is 5.06 Å². The smallest absolute Gasteiger partial charge is 0.186 e. The molecule has 2 aromatic carbocycles. The number of benzene rings is 2. The van der Waals surface area contributed by atoms with Gasteiger partial charge in [0.15, 0.2) is 11.6 Å². The summed E-state index contributed by atoms with van der Waals surface area (Å²) in [5.41, 5.74) is 0.941. The average molecular weight is 360 g/mol. The van der Waals surface area contributed by atoms with E-state index >= 15 is 0 Å². The number of hydrogen-bond donors (Lipinski definition) is 1. The minimum absolute atomic E-state index is 0.0154. The average Bonchev–Trinajstić information content (AvgIpc) is 2.44. The molecule has 0 amide bonds. The van der Waals surface area contributed by atoms with Gasteiger partial charge < -0.3 is 0 Å². The normalized spacial score (nSPS) is 10.7. The number of anilines is 2. The highest BCUT2D eigenvalue weighted by molar-refractivity contribution is 9.10. The van der Waals surface area contributed by atoms with Crippen LogP contribution in [0.1, 0.15) is 5.56 Å². The molecule has 0 heterocycles. The summed E-state index contributed by atoms with van der Waals surface area (Å²) >= 11 is 4.47. The minimum Gasteiger partial charge on any atom is -0.283 e. The second kappa shape index (κ2) is 6.11. The minimum atomic E-state index is -1.10. The Bertz CT molecular complexity index is 651. The third kappa shape index (κ3) is 2.82. The number of hydrogen-bond acceptors (Lipinski definition) is 3. The third-order valence-electron chi connectivity index (χ3n) is 2.88. The molecular weight excluding hydrogens is 348 g/mol. The lowest BCUT2D eigenvalue weighted by Gasteiger charge is -2.20. The summed E-state index contributed by atoms with van der Waals surface area (Å²) in [6.07, 6.45) is 1.94. The molecule has 0 saturated carbocycles. The predicted octanol–water partition coefficient (Wildman–Crippen LogP) is 5.28. The molecule has 0 aromatic heterocycles. The van der Waals surface area contributed by atoms with Gasteiger partial charge in [0.2, 0.25) is 0 Å². The largest absolute Gasteiger partial charge is 0.283 e. The monoisotopic (exact) mass is 359 g/mol. The van der Waals surface area contributed by atoms with Gasteiger partial charge in [-0.15, -0.1) is 11.8 Å². The molecule has 0 unspecified atom stereocenters. The maximum atomic E-state index is 13.9. The Balaban J connectivity index is 2.46. The van der Waals surface area contributed by atoms with Gasteiger partial charge in [-0.2, -0.15) is 0 Å². The molecule has 0 radical (unpaired) electrons. The van der Waals surface area contributed by atoms with Crippen LogP contribution in [0.15, 0.2) is 39.7 Å². The lowest BCUT2D eigenvalue weighted by molar-refractivity contribution is 0.294. The van der Waals surface area contributed by atoms with Crippen molar-refractivity contribution in [2.24, 2.45) is 0 Å². The molecule has 0 aliphatic carbocycles. The van der Waals surface area contributed by atoms with Gasteiger partial charge in [-0.25, -0.2) is 13.8 Å². The first-order valence-corrected chi connectivity index (χ1v) is 7.74. The van der Waals surface area contributed by atoms with E-state index in [2.05, 4.69) is 15.9 Å². The zero-order valence-corrected chi connectivity index (χ0v) is 13.2. The van der Waals surface area contributed by atoms with Crippen molar-refractivity contribution in [3.05, 3.63) is 52.0 Å². The fraction of sp³-hybridized carbons (Fsp3) is 0.143. The maximum absolute atomic E-state index is 13.9. The van der Waals surface area contributed by atoms with Crippen molar-refractivity contribution >= 4 is 39.1 Å². The predicted molar refractivity (Wildman–Crippen MR) is 80.9 cm³/mol. The summed E-state index contributed by atoms with van der Waals surface area (Å²) in [5.74, 6) is -2.13. The summed E-state index contributed by atoms with van der Waals surface area (Å²) in [6.45, 7) is 1.80. The Hall–Kier alpha value is -1.11. The van der Waals surface area contributed by atoms with Crippen LogP contribution in [0, 0.1) is 18.6 Å². The molecule has 2 aromatic rings. The number of rotatable bonds is 3. The SMILES string of the molecule is CSc1ccc(N(O)c2ccc(Br)c(F)c2F)c(C)c1. The maximum Gasteiger partial charge on any atom is 0.186 e. The third-order valence-corrected chi connectivity index (χ3v) is 4.21. The van der Waals surface area contributed by atoms with Gasteiger partial charge in [0, 0.05) is 4.90 Å². The van der Waals surface area contributed by atoms with E-state index < -0.39 is 11.6 Å². The van der Waals surface area contributed by atoms with Gasteiger partial charge in [-0.1, -0.05) is 0 Å². The van der Waals surface area contributed by atoms with Crippen molar-refractivity contribution in [3.8, 4) is 0 Å². The molecule has 0 aliphatic rings. The van der Waals surface area contributed by atoms with Crippen molar-refractivity contribution in [1.29, 1.82) is 0 Å². The van der Waals surface area contributed by atoms with Gasteiger partial charge in [0.1, 0.15) is 5.69 Å². The van der Waals surface area contributed by atoms with Crippen molar-refractivity contribution in [2.45, 2.75) is 11.8 Å². The van der Waals surface area contributed by atoms with E-state index in [1.54, 1.807) is 24.8 Å². The van der Waals surface area contributed by atoms with Crippen molar-refractivity contribution in [1.82, 2.24) is 0 Å². The molecule has 0 bridgehead atoms. The second-order valence-electron chi connectivity index (χ2n) is 4.16. The van der Waals surface area contributed by atoms with Gasteiger partial charge in [0.05, 0.1) is 10.2 Å². The van der Waals surface area contributed by atoms with Crippen LogP contribution in [-0.4, -0.2) is 11.5 Å². The van der Waals surface area contributed by atoms with E-state index in [1.165, 1.54) is 12.1 Å². The van der Waals surface area contributed by atoms with Crippen LogP contribution >= 0.6 is 27.7 Å². The highest BCUT2D eigenvalue weighted by Gasteiger charge is 2.18. The lowest BCUT2D eigenvalue weighted by atomic mass is 10.2. The van der Waals surface area contributed by atoms with Gasteiger partial charge >= 0.3 is 0 Å². The fourth-order valence-corrected chi connectivity index (χ4v) is 2.61.